The lowest BCUT2D eigenvalue weighted by atomic mass is 10.1. The number of benzene rings is 1. The normalized spacial score (nSPS) is 10.8. The molecule has 3 rings (SSSR count). The molecule has 0 spiro atoms. The molecule has 4 heteroatoms. The van der Waals surface area contributed by atoms with Crippen LogP contribution in [0.4, 0.5) is 5.82 Å². The first-order valence-corrected chi connectivity index (χ1v) is 7.03. The van der Waals surface area contributed by atoms with Crippen molar-refractivity contribution in [2.24, 2.45) is 0 Å². The number of amides is 1. The summed E-state index contributed by atoms with van der Waals surface area (Å²) < 4.78 is 1.91. The second-order valence-corrected chi connectivity index (χ2v) is 5.01. The number of imidazole rings is 1. The number of anilines is 1. The van der Waals surface area contributed by atoms with E-state index < -0.39 is 0 Å². The Morgan fingerprint density at radius 1 is 1.19 bits per heavy atom. The number of nitrogens with zero attached hydrogens (tertiary/aromatic N) is 2. The van der Waals surface area contributed by atoms with E-state index in [1.165, 1.54) is 5.56 Å². The average Bonchev–Trinajstić information content (AvgIpc) is 2.87. The number of rotatable bonds is 3. The Hall–Kier alpha value is -2.62. The van der Waals surface area contributed by atoms with E-state index in [1.54, 1.807) is 0 Å². The molecule has 1 amide bonds. The highest BCUT2D eigenvalue weighted by Gasteiger charge is 2.15. The van der Waals surface area contributed by atoms with Gasteiger partial charge in [-0.15, -0.1) is 0 Å². The lowest BCUT2D eigenvalue weighted by Crippen LogP contribution is -2.12. The highest BCUT2D eigenvalue weighted by molar-refractivity contribution is 5.94. The third-order valence-corrected chi connectivity index (χ3v) is 3.43. The molecule has 1 aromatic carbocycles. The minimum absolute atomic E-state index is 0.0194. The number of hydrogen-bond donors (Lipinski definition) is 1. The van der Waals surface area contributed by atoms with Crippen LogP contribution in [0.15, 0.2) is 48.7 Å². The van der Waals surface area contributed by atoms with Crippen LogP contribution in [0, 0.1) is 6.92 Å². The van der Waals surface area contributed by atoms with Gasteiger partial charge < -0.3 is 5.32 Å². The first-order chi connectivity index (χ1) is 10.2. The van der Waals surface area contributed by atoms with Crippen LogP contribution in [0.1, 0.15) is 18.9 Å². The largest absolute Gasteiger partial charge is 0.310 e. The van der Waals surface area contributed by atoms with Crippen molar-refractivity contribution in [2.45, 2.75) is 20.3 Å². The van der Waals surface area contributed by atoms with Gasteiger partial charge in [0.25, 0.3) is 0 Å². The number of aryl methyl sites for hydroxylation is 1. The summed E-state index contributed by atoms with van der Waals surface area (Å²) in [4.78, 5) is 16.5. The number of pyridine rings is 1. The minimum Gasteiger partial charge on any atom is -0.310 e. The van der Waals surface area contributed by atoms with Crippen LogP contribution in [-0.4, -0.2) is 15.3 Å². The van der Waals surface area contributed by atoms with Gasteiger partial charge in [0.05, 0.1) is 0 Å². The number of nitrogens with one attached hydrogen (secondary N) is 1. The van der Waals surface area contributed by atoms with E-state index >= 15 is 0 Å². The predicted molar refractivity (Wildman–Crippen MR) is 84.3 cm³/mol. The van der Waals surface area contributed by atoms with Gasteiger partial charge in [-0.05, 0) is 19.1 Å². The molecule has 0 aliphatic heterocycles. The molecular formula is C17H17N3O. The van der Waals surface area contributed by atoms with E-state index in [-0.39, 0.29) is 5.91 Å². The van der Waals surface area contributed by atoms with Crippen molar-refractivity contribution in [1.29, 1.82) is 0 Å². The molecule has 0 unspecified atom stereocenters. The number of carbonyl (C=O) groups excluding carboxylic acids is 1. The molecule has 106 valence electrons. The molecule has 4 nitrogen and oxygen atoms in total. The molecule has 0 bridgehead atoms. The van der Waals surface area contributed by atoms with E-state index in [4.69, 9.17) is 0 Å². The number of fused-ring (bicyclic) bond motifs is 1. The molecule has 0 saturated heterocycles. The van der Waals surface area contributed by atoms with Gasteiger partial charge in [-0.2, -0.15) is 0 Å². The monoisotopic (exact) mass is 279 g/mol. The van der Waals surface area contributed by atoms with Crippen LogP contribution in [0.3, 0.4) is 0 Å². The molecule has 0 saturated carbocycles. The van der Waals surface area contributed by atoms with Gasteiger partial charge in [-0.25, -0.2) is 4.98 Å². The third kappa shape index (κ3) is 2.52. The van der Waals surface area contributed by atoms with Gasteiger partial charge in [0.1, 0.15) is 17.2 Å². The second kappa shape index (κ2) is 5.40. The lowest BCUT2D eigenvalue weighted by Gasteiger charge is -2.06. The van der Waals surface area contributed by atoms with Crippen molar-refractivity contribution in [3.05, 3.63) is 54.2 Å². The number of aromatic nitrogens is 2. The number of carbonyl (C=O) groups is 1. The van der Waals surface area contributed by atoms with Crippen LogP contribution in [-0.2, 0) is 4.79 Å². The van der Waals surface area contributed by atoms with Gasteiger partial charge in [-0.1, -0.05) is 42.8 Å². The zero-order chi connectivity index (χ0) is 14.8. The Morgan fingerprint density at radius 2 is 1.95 bits per heavy atom. The highest BCUT2D eigenvalue weighted by atomic mass is 16.1. The second-order valence-electron chi connectivity index (χ2n) is 5.01. The van der Waals surface area contributed by atoms with Gasteiger partial charge in [-0.3, -0.25) is 9.20 Å². The molecule has 0 fully saturated rings. The smallest absolute Gasteiger partial charge is 0.225 e. The minimum atomic E-state index is -0.0194. The SMILES string of the molecule is CCC(=O)Nc1c(-c2ccc(C)cc2)nc2ccccn12. The molecule has 0 radical (unpaired) electrons. The fourth-order valence-corrected chi connectivity index (χ4v) is 2.25. The van der Waals surface area contributed by atoms with E-state index in [2.05, 4.69) is 10.3 Å². The molecule has 2 aromatic heterocycles. The highest BCUT2D eigenvalue weighted by Crippen LogP contribution is 2.29. The fraction of sp³-hybridized carbons (Fsp3) is 0.176. The molecule has 1 N–H and O–H groups in total. The Morgan fingerprint density at radius 3 is 2.67 bits per heavy atom. The van der Waals surface area contributed by atoms with Crippen molar-refractivity contribution in [3.8, 4) is 11.3 Å². The molecular weight excluding hydrogens is 262 g/mol. The molecule has 0 aliphatic rings. The van der Waals surface area contributed by atoms with E-state index in [0.717, 1.165) is 22.7 Å². The van der Waals surface area contributed by atoms with Crippen molar-refractivity contribution in [2.75, 3.05) is 5.32 Å². The quantitative estimate of drug-likeness (QED) is 0.795. The summed E-state index contributed by atoms with van der Waals surface area (Å²) >= 11 is 0. The molecule has 21 heavy (non-hydrogen) atoms. The van der Waals surface area contributed by atoms with E-state index in [9.17, 15) is 4.79 Å². The third-order valence-electron chi connectivity index (χ3n) is 3.43. The Bertz CT molecular complexity index is 787. The van der Waals surface area contributed by atoms with Gasteiger partial charge >= 0.3 is 0 Å². The zero-order valence-corrected chi connectivity index (χ0v) is 12.1. The summed E-state index contributed by atoms with van der Waals surface area (Å²) in [5, 5.41) is 2.96. The van der Waals surface area contributed by atoms with Crippen LogP contribution >= 0.6 is 0 Å². The Kier molecular flexibility index (Phi) is 3.44. The predicted octanol–water partition coefficient (Wildman–Crippen LogP) is 3.66. The average molecular weight is 279 g/mol. The molecule has 2 heterocycles. The summed E-state index contributed by atoms with van der Waals surface area (Å²) in [6.07, 6.45) is 2.35. The van der Waals surface area contributed by atoms with E-state index in [0.29, 0.717) is 6.42 Å². The van der Waals surface area contributed by atoms with Gasteiger partial charge in [0.2, 0.25) is 5.91 Å². The maximum absolute atomic E-state index is 11.8. The maximum Gasteiger partial charge on any atom is 0.225 e. The Labute approximate surface area is 123 Å². The number of hydrogen-bond acceptors (Lipinski definition) is 2. The summed E-state index contributed by atoms with van der Waals surface area (Å²) in [6, 6.07) is 13.9. The van der Waals surface area contributed by atoms with Crippen LogP contribution in [0.25, 0.3) is 16.9 Å². The van der Waals surface area contributed by atoms with Crippen molar-refractivity contribution >= 4 is 17.4 Å². The van der Waals surface area contributed by atoms with Crippen LogP contribution in [0.2, 0.25) is 0 Å². The summed E-state index contributed by atoms with van der Waals surface area (Å²) in [5.74, 6) is 0.704. The molecule has 0 aliphatic carbocycles. The summed E-state index contributed by atoms with van der Waals surface area (Å²) in [6.45, 7) is 3.89. The molecule has 3 aromatic rings. The van der Waals surface area contributed by atoms with Crippen LogP contribution < -0.4 is 5.32 Å². The summed E-state index contributed by atoms with van der Waals surface area (Å²) in [7, 11) is 0. The topological polar surface area (TPSA) is 46.4 Å². The van der Waals surface area contributed by atoms with Crippen molar-refractivity contribution in [1.82, 2.24) is 9.38 Å². The maximum atomic E-state index is 11.8. The summed E-state index contributed by atoms with van der Waals surface area (Å²) in [5.41, 5.74) is 3.81. The van der Waals surface area contributed by atoms with E-state index in [1.807, 2.05) is 66.9 Å². The first kappa shape index (κ1) is 13.4. The zero-order valence-electron chi connectivity index (χ0n) is 12.1. The van der Waals surface area contributed by atoms with Gasteiger partial charge in [0.15, 0.2) is 0 Å². The Balaban J connectivity index is 2.18. The van der Waals surface area contributed by atoms with Crippen molar-refractivity contribution in [3.63, 3.8) is 0 Å². The lowest BCUT2D eigenvalue weighted by molar-refractivity contribution is -0.115. The van der Waals surface area contributed by atoms with Gasteiger partial charge in [0, 0.05) is 18.2 Å². The van der Waals surface area contributed by atoms with Crippen molar-refractivity contribution < 1.29 is 4.79 Å². The molecule has 0 atom stereocenters. The van der Waals surface area contributed by atoms with Crippen LogP contribution in [0.5, 0.6) is 0 Å². The fourth-order valence-electron chi connectivity index (χ4n) is 2.25. The standard InChI is InChI=1S/C17H17N3O/c1-3-15(21)19-17-16(13-9-7-12(2)8-10-13)18-14-6-4-5-11-20(14)17/h4-11H,3H2,1-2H3,(H,19,21). The first-order valence-electron chi connectivity index (χ1n) is 7.03.